The highest BCUT2D eigenvalue weighted by Gasteiger charge is 2.16. The Balaban J connectivity index is 1.90. The van der Waals surface area contributed by atoms with Gasteiger partial charge < -0.3 is 10.6 Å². The lowest BCUT2D eigenvalue weighted by Gasteiger charge is -2.09. The van der Waals surface area contributed by atoms with Crippen LogP contribution in [0.4, 0.5) is 11.4 Å². The minimum atomic E-state index is -3.50. The van der Waals surface area contributed by atoms with Gasteiger partial charge in [-0.2, -0.15) is 0 Å². The van der Waals surface area contributed by atoms with Gasteiger partial charge in [0.1, 0.15) is 0 Å². The molecule has 0 atom stereocenters. The van der Waals surface area contributed by atoms with Gasteiger partial charge in [-0.3, -0.25) is 9.59 Å². The summed E-state index contributed by atoms with van der Waals surface area (Å²) in [4.78, 5) is 23.9. The molecule has 6 nitrogen and oxygen atoms in total. The van der Waals surface area contributed by atoms with Crippen molar-refractivity contribution < 1.29 is 18.0 Å². The van der Waals surface area contributed by atoms with E-state index >= 15 is 0 Å². The maximum Gasteiger partial charge on any atom is 0.226 e. The summed E-state index contributed by atoms with van der Waals surface area (Å²) >= 11 is 0. The van der Waals surface area contributed by atoms with Crippen LogP contribution < -0.4 is 10.6 Å². The summed E-state index contributed by atoms with van der Waals surface area (Å²) < 4.78 is 24.6. The van der Waals surface area contributed by atoms with Gasteiger partial charge in [-0.25, -0.2) is 8.42 Å². The molecular formula is C20H24N2O4S. The second kappa shape index (κ2) is 8.81. The zero-order valence-corrected chi connectivity index (χ0v) is 16.5. The van der Waals surface area contributed by atoms with E-state index in [-0.39, 0.29) is 34.8 Å². The minimum absolute atomic E-state index is 0.0897. The van der Waals surface area contributed by atoms with E-state index in [0.717, 1.165) is 5.56 Å². The normalized spacial score (nSPS) is 11.3. The second-order valence-corrected chi connectivity index (χ2v) is 8.76. The van der Waals surface area contributed by atoms with Crippen LogP contribution in [-0.2, 0) is 19.4 Å². The molecule has 0 radical (unpaired) electrons. The summed E-state index contributed by atoms with van der Waals surface area (Å²) in [7, 11) is -3.50. The lowest BCUT2D eigenvalue weighted by molar-refractivity contribution is -0.119. The highest BCUT2D eigenvalue weighted by molar-refractivity contribution is 7.91. The fourth-order valence-electron chi connectivity index (χ4n) is 2.24. The molecule has 0 saturated heterocycles. The van der Waals surface area contributed by atoms with E-state index in [2.05, 4.69) is 10.6 Å². The highest BCUT2D eigenvalue weighted by atomic mass is 32.2. The maximum atomic E-state index is 12.3. The number of nitrogens with one attached hydrogen (secondary N) is 2. The Morgan fingerprint density at radius 2 is 1.41 bits per heavy atom. The standard InChI is InChI=1S/C20H24N2O4S/c1-14(2)20(24)22-17-8-6-16(7-9-17)21-19(23)12-13-27(25,26)18-10-4-15(3)5-11-18/h4-11,14H,12-13H2,1-3H3,(H,21,23)(H,22,24). The molecule has 2 aromatic rings. The van der Waals surface area contributed by atoms with Crippen LogP contribution in [0, 0.1) is 12.8 Å². The minimum Gasteiger partial charge on any atom is -0.326 e. The quantitative estimate of drug-likeness (QED) is 0.760. The van der Waals surface area contributed by atoms with Crippen molar-refractivity contribution in [3.8, 4) is 0 Å². The monoisotopic (exact) mass is 388 g/mol. The Bertz CT molecular complexity index is 902. The molecule has 0 saturated carbocycles. The fourth-order valence-corrected chi connectivity index (χ4v) is 3.48. The zero-order chi connectivity index (χ0) is 20.0. The molecule has 144 valence electrons. The molecule has 0 aliphatic rings. The summed E-state index contributed by atoms with van der Waals surface area (Å²) in [5.41, 5.74) is 2.14. The summed E-state index contributed by atoms with van der Waals surface area (Å²) in [6, 6.07) is 13.2. The van der Waals surface area contributed by atoms with Crippen molar-refractivity contribution in [2.45, 2.75) is 32.1 Å². The van der Waals surface area contributed by atoms with Crippen molar-refractivity contribution >= 4 is 33.0 Å². The third-order valence-electron chi connectivity index (χ3n) is 3.94. The number of carbonyl (C=O) groups excluding carboxylic acids is 2. The molecule has 7 heteroatoms. The number of benzene rings is 2. The van der Waals surface area contributed by atoms with Crippen LogP contribution in [0.3, 0.4) is 0 Å². The van der Waals surface area contributed by atoms with Gasteiger partial charge in [0.15, 0.2) is 9.84 Å². The van der Waals surface area contributed by atoms with Gasteiger partial charge in [0.05, 0.1) is 10.6 Å². The lowest BCUT2D eigenvalue weighted by Crippen LogP contribution is -2.18. The first kappa shape index (κ1) is 20.6. The van der Waals surface area contributed by atoms with Gasteiger partial charge in [-0.15, -0.1) is 0 Å². The molecule has 2 amide bonds. The first-order valence-corrected chi connectivity index (χ1v) is 10.3. The average Bonchev–Trinajstić information content (AvgIpc) is 2.62. The van der Waals surface area contributed by atoms with E-state index < -0.39 is 9.84 Å². The first-order chi connectivity index (χ1) is 12.7. The predicted molar refractivity (Wildman–Crippen MR) is 106 cm³/mol. The van der Waals surface area contributed by atoms with Crippen molar-refractivity contribution in [3.05, 3.63) is 54.1 Å². The number of hydrogen-bond acceptors (Lipinski definition) is 4. The third kappa shape index (κ3) is 6.21. The molecular weight excluding hydrogens is 364 g/mol. The molecule has 0 heterocycles. The molecule has 0 fully saturated rings. The fraction of sp³-hybridized carbons (Fsp3) is 0.300. The van der Waals surface area contributed by atoms with Gasteiger partial charge in [0, 0.05) is 23.7 Å². The van der Waals surface area contributed by atoms with E-state index in [0.29, 0.717) is 11.4 Å². The highest BCUT2D eigenvalue weighted by Crippen LogP contribution is 2.16. The largest absolute Gasteiger partial charge is 0.326 e. The first-order valence-electron chi connectivity index (χ1n) is 8.67. The van der Waals surface area contributed by atoms with Gasteiger partial charge >= 0.3 is 0 Å². The number of carbonyl (C=O) groups is 2. The van der Waals surface area contributed by atoms with Crippen LogP contribution in [0.25, 0.3) is 0 Å². The van der Waals surface area contributed by atoms with Gasteiger partial charge in [-0.05, 0) is 43.3 Å². The van der Waals surface area contributed by atoms with Crippen LogP contribution in [0.5, 0.6) is 0 Å². The lowest BCUT2D eigenvalue weighted by atomic mass is 10.2. The van der Waals surface area contributed by atoms with E-state index in [4.69, 9.17) is 0 Å². The predicted octanol–water partition coefficient (Wildman–Crippen LogP) is 3.39. The maximum absolute atomic E-state index is 12.3. The van der Waals surface area contributed by atoms with E-state index in [1.165, 1.54) is 0 Å². The van der Waals surface area contributed by atoms with Crippen LogP contribution in [0.2, 0.25) is 0 Å². The summed E-state index contributed by atoms with van der Waals surface area (Å²) in [5, 5.41) is 5.42. The molecule has 0 aliphatic heterocycles. The average molecular weight is 388 g/mol. The van der Waals surface area contributed by atoms with E-state index in [9.17, 15) is 18.0 Å². The van der Waals surface area contributed by atoms with Gasteiger partial charge in [-0.1, -0.05) is 31.5 Å². The number of hydrogen-bond donors (Lipinski definition) is 2. The zero-order valence-electron chi connectivity index (χ0n) is 15.7. The number of aryl methyl sites for hydroxylation is 1. The third-order valence-corrected chi connectivity index (χ3v) is 5.67. The van der Waals surface area contributed by atoms with Gasteiger partial charge in [0.25, 0.3) is 0 Å². The van der Waals surface area contributed by atoms with Crippen molar-refractivity contribution in [1.82, 2.24) is 0 Å². The smallest absolute Gasteiger partial charge is 0.226 e. The van der Waals surface area contributed by atoms with Crippen LogP contribution in [0.1, 0.15) is 25.8 Å². The van der Waals surface area contributed by atoms with Crippen LogP contribution in [0.15, 0.2) is 53.4 Å². The van der Waals surface area contributed by atoms with Crippen molar-refractivity contribution in [2.75, 3.05) is 16.4 Å². The van der Waals surface area contributed by atoms with E-state index in [1.54, 1.807) is 62.4 Å². The molecule has 0 aliphatic carbocycles. The molecule has 0 unspecified atom stereocenters. The van der Waals surface area contributed by atoms with Crippen LogP contribution >= 0.6 is 0 Å². The Morgan fingerprint density at radius 1 is 0.889 bits per heavy atom. The van der Waals surface area contributed by atoms with Crippen molar-refractivity contribution in [2.24, 2.45) is 5.92 Å². The van der Waals surface area contributed by atoms with Gasteiger partial charge in [0.2, 0.25) is 11.8 Å². The molecule has 2 aromatic carbocycles. The molecule has 0 bridgehead atoms. The molecule has 2 rings (SSSR count). The number of amides is 2. The van der Waals surface area contributed by atoms with Crippen LogP contribution in [-0.4, -0.2) is 26.0 Å². The number of anilines is 2. The Hall–Kier alpha value is -2.67. The van der Waals surface area contributed by atoms with Crippen molar-refractivity contribution in [3.63, 3.8) is 0 Å². The summed E-state index contributed by atoms with van der Waals surface area (Å²) in [5.74, 6) is -0.859. The molecule has 0 spiro atoms. The summed E-state index contributed by atoms with van der Waals surface area (Å²) in [6.45, 7) is 5.48. The Kier molecular flexibility index (Phi) is 6.74. The summed E-state index contributed by atoms with van der Waals surface area (Å²) in [6.07, 6.45) is -0.137. The topological polar surface area (TPSA) is 92.3 Å². The Labute approximate surface area is 159 Å². The second-order valence-electron chi connectivity index (χ2n) is 6.65. The molecule has 0 aromatic heterocycles. The van der Waals surface area contributed by atoms with E-state index in [1.807, 2.05) is 6.92 Å². The number of rotatable bonds is 7. The van der Waals surface area contributed by atoms with Crippen molar-refractivity contribution in [1.29, 1.82) is 0 Å². The number of sulfone groups is 1. The SMILES string of the molecule is Cc1ccc(S(=O)(=O)CCC(=O)Nc2ccc(NC(=O)C(C)C)cc2)cc1. The molecule has 27 heavy (non-hydrogen) atoms. The molecule has 2 N–H and O–H groups in total. The Morgan fingerprint density at radius 3 is 1.93 bits per heavy atom.